The van der Waals surface area contributed by atoms with Gasteiger partial charge in [0.2, 0.25) is 0 Å². The van der Waals surface area contributed by atoms with E-state index < -0.39 is 0 Å². The zero-order valence-corrected chi connectivity index (χ0v) is 9.52. The van der Waals surface area contributed by atoms with Crippen LogP contribution in [0.15, 0.2) is 18.6 Å². The smallest absolute Gasteiger partial charge is 0.171 e. The van der Waals surface area contributed by atoms with E-state index in [-0.39, 0.29) is 21.3 Å². The van der Waals surface area contributed by atoms with Crippen molar-refractivity contribution >= 4 is 38.5 Å². The first-order valence-corrected chi connectivity index (χ1v) is 6.41. The third-order valence-electron chi connectivity index (χ3n) is 1.55. The Morgan fingerprint density at radius 2 is 2.50 bits per heavy atom. The number of hydrogen-bond acceptors (Lipinski definition) is 4. The predicted molar refractivity (Wildman–Crippen MR) is 59.8 cm³/mol. The minimum absolute atomic E-state index is 0.310. The molecule has 0 fully saturated rings. The Kier molecular flexibility index (Phi) is 2.50. The van der Waals surface area contributed by atoms with E-state index in [0.29, 0.717) is 0 Å². The first kappa shape index (κ1) is 8.31. The molecule has 1 aliphatic rings. The normalized spacial score (nSPS) is 15.2. The van der Waals surface area contributed by atoms with Gasteiger partial charge >= 0.3 is 0 Å². The average Bonchev–Trinajstić information content (AvgIpc) is 2.75. The molecule has 0 atom stereocenters. The third kappa shape index (κ3) is 1.56. The van der Waals surface area contributed by atoms with Crippen molar-refractivity contribution in [3.8, 4) is 0 Å². The molecule has 2 rings (SSSR count). The summed E-state index contributed by atoms with van der Waals surface area (Å²) >= 11 is 1.48. The molecular weight excluding hydrogens is 285 g/mol. The van der Waals surface area contributed by atoms with Crippen LogP contribution in [0.2, 0.25) is 0 Å². The van der Waals surface area contributed by atoms with Gasteiger partial charge in [-0.2, -0.15) is 3.21 Å². The molecule has 64 valence electrons. The number of halogens is 1. The lowest BCUT2D eigenvalue weighted by Crippen LogP contribution is -2.12. The van der Waals surface area contributed by atoms with Crippen molar-refractivity contribution in [3.63, 3.8) is 0 Å². The standard InChI is InChI=1S/C7H8IN3S/c1-2-5-3-4-6(12-5)7-9-8-11-10-7/h3-4H,2H2,1H3,(H,9,10,11). The van der Waals surface area contributed by atoms with Gasteiger partial charge in [-0.15, -0.1) is 14.6 Å². The molecule has 1 aromatic rings. The molecule has 0 unspecified atom stereocenters. The van der Waals surface area contributed by atoms with E-state index in [1.54, 1.807) is 11.3 Å². The largest absolute Gasteiger partial charge is 0.253 e. The molecule has 0 spiro atoms. The van der Waals surface area contributed by atoms with Crippen LogP contribution in [-0.2, 0) is 6.42 Å². The van der Waals surface area contributed by atoms with Crippen LogP contribution >= 0.6 is 32.6 Å². The van der Waals surface area contributed by atoms with Crippen molar-refractivity contribution in [2.75, 3.05) is 0 Å². The van der Waals surface area contributed by atoms with Gasteiger partial charge in [-0.3, -0.25) is 5.43 Å². The van der Waals surface area contributed by atoms with E-state index in [2.05, 4.69) is 30.9 Å². The van der Waals surface area contributed by atoms with Crippen LogP contribution in [0.1, 0.15) is 16.7 Å². The van der Waals surface area contributed by atoms with Crippen molar-refractivity contribution in [1.29, 1.82) is 0 Å². The molecule has 3 nitrogen and oxygen atoms in total. The first-order valence-electron chi connectivity index (χ1n) is 3.66. The SMILES string of the molecule is CCc1ccc(C2=NI=NN2)s1. The van der Waals surface area contributed by atoms with Crippen LogP contribution < -0.4 is 5.43 Å². The average molecular weight is 293 g/mol. The van der Waals surface area contributed by atoms with Gasteiger partial charge < -0.3 is 0 Å². The van der Waals surface area contributed by atoms with Gasteiger partial charge in [-0.25, -0.2) is 0 Å². The minimum Gasteiger partial charge on any atom is -0.253 e. The molecule has 1 aliphatic heterocycles. The zero-order valence-electron chi connectivity index (χ0n) is 6.54. The number of aryl methyl sites for hydroxylation is 1. The fraction of sp³-hybridized carbons (Fsp3) is 0.286. The number of hydrogen-bond donors (Lipinski definition) is 1. The summed E-state index contributed by atoms with van der Waals surface area (Å²) in [5, 5.41) is 0. The summed E-state index contributed by atoms with van der Waals surface area (Å²) < 4.78 is 8.35. The zero-order chi connectivity index (χ0) is 8.39. The number of nitrogens with one attached hydrogen (secondary N) is 1. The quantitative estimate of drug-likeness (QED) is 0.836. The fourth-order valence-corrected chi connectivity index (χ4v) is 3.00. The molecule has 5 heteroatoms. The number of thiophene rings is 1. The van der Waals surface area contributed by atoms with Crippen LogP contribution in [0.25, 0.3) is 0 Å². The molecule has 0 radical (unpaired) electrons. The van der Waals surface area contributed by atoms with Gasteiger partial charge in [0.1, 0.15) is 0 Å². The highest BCUT2D eigenvalue weighted by molar-refractivity contribution is 14.1. The summed E-state index contributed by atoms with van der Waals surface area (Å²) in [6, 6.07) is 4.26. The summed E-state index contributed by atoms with van der Waals surface area (Å²) in [4.78, 5) is 2.62. The van der Waals surface area contributed by atoms with Crippen molar-refractivity contribution in [1.82, 2.24) is 5.43 Å². The number of nitrogens with zero attached hydrogens (tertiary/aromatic N) is 2. The van der Waals surface area contributed by atoms with Gasteiger partial charge in [-0.1, -0.05) is 6.92 Å². The predicted octanol–water partition coefficient (Wildman–Crippen LogP) is 2.64. The lowest BCUT2D eigenvalue weighted by Gasteiger charge is -1.92. The number of amidine groups is 1. The Balaban J connectivity index is 2.23. The van der Waals surface area contributed by atoms with Crippen LogP contribution in [-0.4, -0.2) is 5.84 Å². The molecule has 1 N–H and O–H groups in total. The third-order valence-corrected chi connectivity index (χ3v) is 3.94. The Morgan fingerprint density at radius 1 is 1.58 bits per heavy atom. The van der Waals surface area contributed by atoms with Crippen molar-refractivity contribution in [2.45, 2.75) is 13.3 Å². The van der Waals surface area contributed by atoms with E-state index in [1.807, 2.05) is 0 Å². The molecule has 0 saturated carbocycles. The molecule has 2 heterocycles. The summed E-state index contributed by atoms with van der Waals surface area (Å²) in [7, 11) is 0. The summed E-state index contributed by atoms with van der Waals surface area (Å²) in [6.07, 6.45) is 1.10. The molecular formula is C7H8IN3S. The maximum Gasteiger partial charge on any atom is 0.171 e. The van der Waals surface area contributed by atoms with Gasteiger partial charge in [-0.05, 0) is 18.6 Å². The van der Waals surface area contributed by atoms with E-state index in [0.717, 1.165) is 12.3 Å². The maximum atomic E-state index is 4.31. The maximum absolute atomic E-state index is 4.31. The summed E-state index contributed by atoms with van der Waals surface area (Å²) in [5.74, 6) is 0.965. The van der Waals surface area contributed by atoms with Gasteiger partial charge in [0, 0.05) is 4.88 Å². The monoisotopic (exact) mass is 293 g/mol. The lowest BCUT2D eigenvalue weighted by molar-refractivity contribution is 1.09. The molecule has 0 aromatic carbocycles. The topological polar surface area (TPSA) is 36.8 Å². The van der Waals surface area contributed by atoms with E-state index in [1.165, 1.54) is 9.75 Å². The van der Waals surface area contributed by atoms with Crippen molar-refractivity contribution in [3.05, 3.63) is 21.9 Å². The molecule has 1 aromatic heterocycles. The van der Waals surface area contributed by atoms with E-state index in [4.69, 9.17) is 0 Å². The van der Waals surface area contributed by atoms with Gasteiger partial charge in [0.15, 0.2) is 27.1 Å². The van der Waals surface area contributed by atoms with Gasteiger partial charge in [0.05, 0.1) is 4.88 Å². The highest BCUT2D eigenvalue weighted by Gasteiger charge is 2.08. The molecule has 0 bridgehead atoms. The number of rotatable bonds is 2. The molecule has 0 aliphatic carbocycles. The summed E-state index contributed by atoms with van der Waals surface area (Å²) in [5.41, 5.74) is 2.94. The van der Waals surface area contributed by atoms with Crippen LogP contribution in [0.3, 0.4) is 0 Å². The van der Waals surface area contributed by atoms with Crippen molar-refractivity contribution in [2.24, 2.45) is 6.46 Å². The van der Waals surface area contributed by atoms with Crippen LogP contribution in [0.5, 0.6) is 0 Å². The Labute approximate surface area is 85.4 Å². The van der Waals surface area contributed by atoms with E-state index in [9.17, 15) is 0 Å². The fourth-order valence-electron chi connectivity index (χ4n) is 0.926. The van der Waals surface area contributed by atoms with E-state index >= 15 is 0 Å². The Morgan fingerprint density at radius 3 is 3.08 bits per heavy atom. The molecule has 12 heavy (non-hydrogen) atoms. The van der Waals surface area contributed by atoms with Crippen molar-refractivity contribution < 1.29 is 0 Å². The Hall–Kier alpha value is -0.300. The second-order valence-electron chi connectivity index (χ2n) is 2.32. The van der Waals surface area contributed by atoms with Crippen LogP contribution in [0, 0.1) is 0 Å². The molecule has 0 amide bonds. The van der Waals surface area contributed by atoms with Crippen LogP contribution in [0.4, 0.5) is 0 Å². The second-order valence-corrected chi connectivity index (χ2v) is 4.89. The highest BCUT2D eigenvalue weighted by atomic mass is 127. The first-order chi connectivity index (χ1) is 5.90. The minimum atomic E-state index is -0.310. The lowest BCUT2D eigenvalue weighted by atomic mass is 10.3. The second kappa shape index (κ2) is 3.61. The highest BCUT2D eigenvalue weighted by Crippen LogP contribution is 2.20. The Bertz CT molecular complexity index is 342. The van der Waals surface area contributed by atoms with Gasteiger partial charge in [0.25, 0.3) is 0 Å². The molecule has 0 saturated heterocycles. The summed E-state index contributed by atoms with van der Waals surface area (Å²) in [6.45, 7) is 2.16.